The van der Waals surface area contributed by atoms with E-state index < -0.39 is 6.09 Å². The van der Waals surface area contributed by atoms with Crippen molar-refractivity contribution in [2.24, 2.45) is 0 Å². The second kappa shape index (κ2) is 7.67. The molecular weight excluding hydrogens is 268 g/mol. The number of benzene rings is 1. The first-order valence-corrected chi connectivity index (χ1v) is 7.44. The average molecular weight is 290 g/mol. The van der Waals surface area contributed by atoms with Gasteiger partial charge < -0.3 is 15.0 Å². The van der Waals surface area contributed by atoms with Crippen molar-refractivity contribution in [3.63, 3.8) is 0 Å². The van der Waals surface area contributed by atoms with E-state index in [9.17, 15) is 9.59 Å². The maximum Gasteiger partial charge on any atom is 0.407 e. The third-order valence-corrected chi connectivity index (χ3v) is 3.61. The maximum absolute atomic E-state index is 11.8. The van der Waals surface area contributed by atoms with Gasteiger partial charge in [-0.25, -0.2) is 4.79 Å². The highest BCUT2D eigenvalue weighted by molar-refractivity contribution is 5.76. The fourth-order valence-electron chi connectivity index (χ4n) is 2.48. The molecular formula is C16H22N2O3. The summed E-state index contributed by atoms with van der Waals surface area (Å²) in [4.78, 5) is 25.3. The molecule has 1 aromatic rings. The number of alkyl carbamates (subject to hydrolysis) is 1. The number of carbonyl (C=O) groups excluding carboxylic acids is 2. The zero-order valence-electron chi connectivity index (χ0n) is 12.4. The van der Waals surface area contributed by atoms with Crippen molar-refractivity contribution in [1.82, 2.24) is 10.2 Å². The first-order valence-electron chi connectivity index (χ1n) is 7.44. The van der Waals surface area contributed by atoms with Crippen LogP contribution in [0.1, 0.15) is 31.7 Å². The summed E-state index contributed by atoms with van der Waals surface area (Å²) < 4.78 is 5.20. The fraction of sp³-hybridized carbons (Fsp3) is 0.500. The number of carbonyl (C=O) groups is 2. The number of nitrogens with one attached hydrogen (secondary N) is 1. The number of hydrogen-bond acceptors (Lipinski definition) is 3. The lowest BCUT2D eigenvalue weighted by Crippen LogP contribution is -2.49. The van der Waals surface area contributed by atoms with Gasteiger partial charge in [-0.05, 0) is 18.4 Å². The van der Waals surface area contributed by atoms with Gasteiger partial charge in [-0.1, -0.05) is 37.3 Å². The molecule has 0 aliphatic carbocycles. The largest absolute Gasteiger partial charge is 0.445 e. The molecule has 1 aromatic carbocycles. The van der Waals surface area contributed by atoms with E-state index >= 15 is 0 Å². The fourth-order valence-corrected chi connectivity index (χ4v) is 2.48. The minimum atomic E-state index is -0.422. The van der Waals surface area contributed by atoms with Crippen LogP contribution in [0.3, 0.4) is 0 Å². The second-order valence-corrected chi connectivity index (χ2v) is 5.24. The van der Waals surface area contributed by atoms with Crippen molar-refractivity contribution in [2.45, 2.75) is 38.8 Å². The summed E-state index contributed by atoms with van der Waals surface area (Å²) >= 11 is 0. The lowest BCUT2D eigenvalue weighted by molar-refractivity contribution is -0.132. The molecule has 0 radical (unpaired) electrons. The molecule has 0 saturated carbocycles. The van der Waals surface area contributed by atoms with E-state index in [4.69, 9.17) is 4.74 Å². The van der Waals surface area contributed by atoms with Gasteiger partial charge in [0.05, 0.1) is 0 Å². The standard InChI is InChI=1S/C16H22N2O3/c1-2-15(19)18-10-6-9-14(11-18)17-16(20)21-12-13-7-4-3-5-8-13/h3-5,7-8,14H,2,6,9-12H2,1H3,(H,17,20). The number of ether oxygens (including phenoxy) is 1. The molecule has 2 amide bonds. The summed E-state index contributed by atoms with van der Waals surface area (Å²) in [5.41, 5.74) is 0.957. The van der Waals surface area contributed by atoms with E-state index in [2.05, 4.69) is 5.32 Å². The first-order chi connectivity index (χ1) is 10.2. The van der Waals surface area contributed by atoms with E-state index in [0.29, 0.717) is 13.0 Å². The third-order valence-electron chi connectivity index (χ3n) is 3.61. The van der Waals surface area contributed by atoms with Gasteiger partial charge in [0.2, 0.25) is 5.91 Å². The topological polar surface area (TPSA) is 58.6 Å². The Morgan fingerprint density at radius 2 is 2.10 bits per heavy atom. The van der Waals surface area contributed by atoms with Crippen LogP contribution < -0.4 is 5.32 Å². The summed E-state index contributed by atoms with van der Waals surface area (Å²) in [6.45, 7) is 3.47. The van der Waals surface area contributed by atoms with E-state index in [1.807, 2.05) is 42.2 Å². The minimum Gasteiger partial charge on any atom is -0.445 e. The van der Waals surface area contributed by atoms with Gasteiger partial charge in [-0.2, -0.15) is 0 Å². The molecule has 2 rings (SSSR count). The summed E-state index contributed by atoms with van der Waals surface area (Å²) in [6.07, 6.45) is 1.88. The van der Waals surface area contributed by atoms with E-state index in [0.717, 1.165) is 24.9 Å². The summed E-state index contributed by atoms with van der Waals surface area (Å²) in [5, 5.41) is 2.84. The minimum absolute atomic E-state index is 0.0162. The van der Waals surface area contributed by atoms with Crippen LogP contribution in [0.2, 0.25) is 0 Å². The smallest absolute Gasteiger partial charge is 0.407 e. The second-order valence-electron chi connectivity index (χ2n) is 5.24. The Morgan fingerprint density at radius 1 is 1.33 bits per heavy atom. The third kappa shape index (κ3) is 4.77. The lowest BCUT2D eigenvalue weighted by Gasteiger charge is -2.32. The lowest BCUT2D eigenvalue weighted by atomic mass is 10.1. The number of nitrogens with zero attached hydrogens (tertiary/aromatic N) is 1. The Morgan fingerprint density at radius 3 is 2.81 bits per heavy atom. The van der Waals surface area contributed by atoms with Crippen molar-refractivity contribution in [3.8, 4) is 0 Å². The van der Waals surface area contributed by atoms with Crippen molar-refractivity contribution in [2.75, 3.05) is 13.1 Å². The summed E-state index contributed by atoms with van der Waals surface area (Å²) in [6, 6.07) is 9.55. The number of hydrogen-bond donors (Lipinski definition) is 1. The van der Waals surface area contributed by atoms with Crippen molar-refractivity contribution in [3.05, 3.63) is 35.9 Å². The maximum atomic E-state index is 11.8. The predicted molar refractivity (Wildman–Crippen MR) is 79.7 cm³/mol. The van der Waals surface area contributed by atoms with E-state index in [1.54, 1.807) is 0 Å². The van der Waals surface area contributed by atoms with Crippen molar-refractivity contribution in [1.29, 1.82) is 0 Å². The quantitative estimate of drug-likeness (QED) is 0.925. The number of piperidine rings is 1. The van der Waals surface area contributed by atoms with Crippen LogP contribution in [0, 0.1) is 0 Å². The van der Waals surface area contributed by atoms with Crippen molar-refractivity contribution >= 4 is 12.0 Å². The normalized spacial score (nSPS) is 18.1. The molecule has 21 heavy (non-hydrogen) atoms. The molecule has 5 nitrogen and oxygen atoms in total. The molecule has 1 aliphatic rings. The van der Waals surface area contributed by atoms with Crippen LogP contribution in [0.5, 0.6) is 0 Å². The SMILES string of the molecule is CCC(=O)N1CCCC(NC(=O)OCc2ccccc2)C1. The zero-order valence-corrected chi connectivity index (χ0v) is 12.4. The Balaban J connectivity index is 1.76. The molecule has 5 heteroatoms. The molecule has 114 valence electrons. The van der Waals surface area contributed by atoms with Gasteiger partial charge in [-0.3, -0.25) is 4.79 Å². The Kier molecular flexibility index (Phi) is 5.60. The molecule has 1 unspecified atom stereocenters. The average Bonchev–Trinajstić information content (AvgIpc) is 2.53. The van der Waals surface area contributed by atoms with Crippen LogP contribution in [-0.4, -0.2) is 36.0 Å². The van der Waals surface area contributed by atoms with Gasteiger partial charge in [0.15, 0.2) is 0 Å². The molecule has 0 spiro atoms. The monoisotopic (exact) mass is 290 g/mol. The molecule has 0 bridgehead atoms. The highest BCUT2D eigenvalue weighted by Gasteiger charge is 2.24. The van der Waals surface area contributed by atoms with Crippen molar-refractivity contribution < 1.29 is 14.3 Å². The van der Waals surface area contributed by atoms with Crippen LogP contribution in [-0.2, 0) is 16.1 Å². The number of rotatable bonds is 4. The van der Waals surface area contributed by atoms with Gasteiger partial charge in [-0.15, -0.1) is 0 Å². The van der Waals surface area contributed by atoms with Gasteiger partial charge >= 0.3 is 6.09 Å². The van der Waals surface area contributed by atoms with Gasteiger partial charge in [0, 0.05) is 25.6 Å². The molecule has 1 heterocycles. The molecule has 1 N–H and O–H groups in total. The number of likely N-dealkylation sites (tertiary alicyclic amines) is 1. The Bertz CT molecular complexity index is 476. The highest BCUT2D eigenvalue weighted by Crippen LogP contribution is 2.11. The first kappa shape index (κ1) is 15.4. The Labute approximate surface area is 125 Å². The summed E-state index contributed by atoms with van der Waals surface area (Å²) in [5.74, 6) is 0.138. The van der Waals surface area contributed by atoms with E-state index in [-0.39, 0.29) is 18.6 Å². The summed E-state index contributed by atoms with van der Waals surface area (Å²) in [7, 11) is 0. The molecule has 1 saturated heterocycles. The van der Waals surface area contributed by atoms with Gasteiger partial charge in [0.1, 0.15) is 6.61 Å². The van der Waals surface area contributed by atoms with Crippen LogP contribution in [0.25, 0.3) is 0 Å². The molecule has 1 atom stereocenters. The molecule has 0 aromatic heterocycles. The van der Waals surface area contributed by atoms with Crippen LogP contribution in [0.15, 0.2) is 30.3 Å². The van der Waals surface area contributed by atoms with Gasteiger partial charge in [0.25, 0.3) is 0 Å². The zero-order chi connectivity index (χ0) is 15.1. The van der Waals surface area contributed by atoms with Crippen LogP contribution in [0.4, 0.5) is 4.79 Å². The predicted octanol–water partition coefficient (Wildman–Crippen LogP) is 2.31. The Hall–Kier alpha value is -2.04. The van der Waals surface area contributed by atoms with Crippen LogP contribution >= 0.6 is 0 Å². The molecule has 1 fully saturated rings. The van der Waals surface area contributed by atoms with E-state index in [1.165, 1.54) is 0 Å². The molecule has 1 aliphatic heterocycles. The highest BCUT2D eigenvalue weighted by atomic mass is 16.5. The number of amides is 2.